The van der Waals surface area contributed by atoms with Crippen molar-refractivity contribution in [2.45, 2.75) is 46.1 Å². The molecule has 3 unspecified atom stereocenters. The van der Waals surface area contributed by atoms with Crippen molar-refractivity contribution >= 4 is 5.78 Å². The Hall–Kier alpha value is -1.01. The monoisotopic (exact) mass is 334 g/mol. The van der Waals surface area contributed by atoms with Gasteiger partial charge in [-0.3, -0.25) is 4.79 Å². The molecular formula is C19H24CrNO-. The van der Waals surface area contributed by atoms with Gasteiger partial charge in [0.05, 0.1) is 0 Å². The van der Waals surface area contributed by atoms with Crippen LogP contribution < -0.4 is 5.73 Å². The predicted octanol–water partition coefficient (Wildman–Crippen LogP) is 3.66. The standard InChI is InChI=1S/C19H24NO.Cr/c1-11-12(2)18(21)16-6-5-14(11)17-8-10-19(4,20)9-7-15(17)13(16)3;/h7-10,14,16H,5-6,20H2,1-4H3;/q-1;. The van der Waals surface area contributed by atoms with Gasteiger partial charge in [-0.05, 0) is 38.2 Å². The van der Waals surface area contributed by atoms with Crippen LogP contribution in [0.4, 0.5) is 0 Å². The second-order valence-electron chi connectivity index (χ2n) is 6.94. The molecule has 0 spiro atoms. The van der Waals surface area contributed by atoms with Crippen LogP contribution in [0.5, 0.6) is 0 Å². The van der Waals surface area contributed by atoms with Crippen LogP contribution >= 0.6 is 0 Å². The third kappa shape index (κ3) is 2.67. The fourth-order valence-electron chi connectivity index (χ4n) is 3.82. The van der Waals surface area contributed by atoms with Gasteiger partial charge >= 0.3 is 0 Å². The van der Waals surface area contributed by atoms with Crippen molar-refractivity contribution in [3.05, 3.63) is 52.5 Å². The minimum absolute atomic E-state index is 0. The van der Waals surface area contributed by atoms with Gasteiger partial charge in [0.1, 0.15) is 0 Å². The number of rotatable bonds is 0. The Balaban J connectivity index is 0.00000176. The van der Waals surface area contributed by atoms with E-state index in [-0.39, 0.29) is 23.3 Å². The van der Waals surface area contributed by atoms with E-state index in [4.69, 9.17) is 5.73 Å². The molecule has 0 aromatic rings. The third-order valence-electron chi connectivity index (χ3n) is 5.41. The molecule has 0 aromatic heterocycles. The zero-order chi connectivity index (χ0) is 15.4. The molecule has 2 bridgehead atoms. The summed E-state index contributed by atoms with van der Waals surface area (Å²) in [6.45, 7) is 8.24. The first kappa shape index (κ1) is 17.3. The van der Waals surface area contributed by atoms with Crippen LogP contribution in [0.1, 0.15) is 40.5 Å². The fourth-order valence-corrected chi connectivity index (χ4v) is 3.82. The minimum Gasteiger partial charge on any atom is -0.320 e. The molecule has 3 aliphatic rings. The predicted molar refractivity (Wildman–Crippen MR) is 86.4 cm³/mol. The van der Waals surface area contributed by atoms with Crippen LogP contribution in [0.2, 0.25) is 0 Å². The van der Waals surface area contributed by atoms with E-state index in [0.29, 0.717) is 11.7 Å². The second-order valence-corrected chi connectivity index (χ2v) is 6.94. The summed E-state index contributed by atoms with van der Waals surface area (Å²) in [5.41, 5.74) is 10.6. The molecule has 0 amide bonds. The van der Waals surface area contributed by atoms with Crippen LogP contribution in [0.25, 0.3) is 0 Å². The first-order valence-corrected chi connectivity index (χ1v) is 7.79. The van der Waals surface area contributed by atoms with Crippen LogP contribution in [0, 0.1) is 17.8 Å². The van der Waals surface area contributed by atoms with Crippen molar-refractivity contribution in [1.29, 1.82) is 0 Å². The molecule has 3 heteroatoms. The number of carbonyl (C=O) groups is 1. The van der Waals surface area contributed by atoms with Crippen LogP contribution in [0.3, 0.4) is 0 Å². The quantitative estimate of drug-likeness (QED) is 0.687. The summed E-state index contributed by atoms with van der Waals surface area (Å²) < 4.78 is 0. The Bertz CT molecular complexity index is 621. The summed E-state index contributed by atoms with van der Waals surface area (Å²) in [6, 6.07) is 0. The summed E-state index contributed by atoms with van der Waals surface area (Å²) in [5, 5.41) is 0. The molecule has 22 heavy (non-hydrogen) atoms. The van der Waals surface area contributed by atoms with E-state index in [1.54, 1.807) is 0 Å². The Morgan fingerprint density at radius 3 is 2.55 bits per heavy atom. The van der Waals surface area contributed by atoms with Gasteiger partial charge in [-0.1, -0.05) is 31.4 Å². The van der Waals surface area contributed by atoms with E-state index in [1.165, 1.54) is 22.6 Å². The van der Waals surface area contributed by atoms with Crippen molar-refractivity contribution in [3.63, 3.8) is 0 Å². The fraction of sp³-hybridized carbons (Fsp3) is 0.474. The summed E-state index contributed by atoms with van der Waals surface area (Å²) in [6.07, 6.45) is 10.5. The molecule has 3 rings (SSSR count). The van der Waals surface area contributed by atoms with Gasteiger partial charge < -0.3 is 5.73 Å². The molecule has 3 atom stereocenters. The number of hydrogen-bond donors (Lipinski definition) is 1. The molecule has 0 heterocycles. The van der Waals surface area contributed by atoms with Crippen LogP contribution in [-0.4, -0.2) is 11.3 Å². The summed E-state index contributed by atoms with van der Waals surface area (Å²) in [5.74, 6) is 1.91. The van der Waals surface area contributed by atoms with Gasteiger partial charge in [0.25, 0.3) is 0 Å². The van der Waals surface area contributed by atoms with Crippen LogP contribution in [-0.2, 0) is 22.2 Å². The molecule has 0 fully saturated rings. The third-order valence-corrected chi connectivity index (χ3v) is 5.41. The zero-order valence-electron chi connectivity index (χ0n) is 13.8. The molecule has 0 saturated heterocycles. The molecule has 118 valence electrons. The van der Waals surface area contributed by atoms with E-state index < -0.39 is 5.54 Å². The number of hydrogen-bond acceptors (Lipinski definition) is 2. The Morgan fingerprint density at radius 2 is 1.86 bits per heavy atom. The smallest absolute Gasteiger partial charge is 0.154 e. The van der Waals surface area contributed by atoms with E-state index in [1.807, 2.05) is 19.9 Å². The largest absolute Gasteiger partial charge is 0.320 e. The molecule has 0 aromatic carbocycles. The maximum absolute atomic E-state index is 12.7. The van der Waals surface area contributed by atoms with Gasteiger partial charge in [0.15, 0.2) is 5.78 Å². The van der Waals surface area contributed by atoms with Crippen molar-refractivity contribution in [2.75, 3.05) is 0 Å². The van der Waals surface area contributed by atoms with E-state index in [2.05, 4.69) is 32.1 Å². The molecular weight excluding hydrogens is 310 g/mol. The number of carbonyl (C=O) groups excluding carboxylic acids is 1. The average molecular weight is 334 g/mol. The number of ketones is 1. The minimum atomic E-state index is -0.419. The van der Waals surface area contributed by atoms with Gasteiger partial charge in [0, 0.05) is 22.9 Å². The van der Waals surface area contributed by atoms with Crippen molar-refractivity contribution in [1.82, 2.24) is 0 Å². The van der Waals surface area contributed by atoms with Gasteiger partial charge in [-0.2, -0.15) is 17.6 Å². The summed E-state index contributed by atoms with van der Waals surface area (Å²) >= 11 is 0. The maximum Gasteiger partial charge on any atom is 0.154 e. The molecule has 0 aliphatic heterocycles. The molecule has 2 nitrogen and oxygen atoms in total. The van der Waals surface area contributed by atoms with Crippen molar-refractivity contribution < 1.29 is 22.2 Å². The molecule has 0 radical (unpaired) electrons. The van der Waals surface area contributed by atoms with Crippen LogP contribution in [0.15, 0.2) is 46.6 Å². The SMILES string of the molecule is CC1=C(C)C2CCC(C1=O)[C-](C)C1=C2C=CC(C)(N)C=C1.[Cr]. The second kappa shape index (κ2) is 5.89. The number of nitrogens with two attached hydrogens (primary N) is 1. The normalized spacial score (nSPS) is 34.2. The Labute approximate surface area is 144 Å². The van der Waals surface area contributed by atoms with Crippen molar-refractivity contribution in [3.8, 4) is 0 Å². The first-order chi connectivity index (χ1) is 9.82. The number of fused-ring (bicyclic) bond motifs is 4. The number of allylic oxidation sites excluding steroid dienone is 6. The van der Waals surface area contributed by atoms with Gasteiger partial charge in [-0.15, -0.1) is 17.7 Å². The van der Waals surface area contributed by atoms with Gasteiger partial charge in [-0.25, -0.2) is 0 Å². The average Bonchev–Trinajstić information content (AvgIpc) is 2.72. The van der Waals surface area contributed by atoms with Crippen molar-refractivity contribution in [2.24, 2.45) is 17.6 Å². The summed E-state index contributed by atoms with van der Waals surface area (Å²) in [4.78, 5) is 12.7. The first-order valence-electron chi connectivity index (χ1n) is 7.79. The van der Waals surface area contributed by atoms with E-state index >= 15 is 0 Å². The zero-order valence-corrected chi connectivity index (χ0v) is 15.0. The molecule has 0 saturated carbocycles. The van der Waals surface area contributed by atoms with E-state index in [0.717, 1.165) is 18.4 Å². The topological polar surface area (TPSA) is 43.1 Å². The Morgan fingerprint density at radius 1 is 1.23 bits per heavy atom. The molecule has 2 N–H and O–H groups in total. The molecule has 3 aliphatic carbocycles. The van der Waals surface area contributed by atoms with Gasteiger partial charge in [0.2, 0.25) is 0 Å². The summed E-state index contributed by atoms with van der Waals surface area (Å²) in [7, 11) is 0. The van der Waals surface area contributed by atoms with E-state index in [9.17, 15) is 4.79 Å². The number of Topliss-reactive ketones (excluding diaryl/α,β-unsaturated/α-hetero) is 1. The Kier molecular flexibility index (Phi) is 4.64. The maximum atomic E-state index is 12.7.